The lowest BCUT2D eigenvalue weighted by Gasteiger charge is -2.21. The first-order valence-electron chi connectivity index (χ1n) is 5.98. The van der Waals surface area contributed by atoms with Crippen molar-refractivity contribution in [2.24, 2.45) is 0 Å². The number of aromatic nitrogens is 3. The molecule has 0 amide bonds. The van der Waals surface area contributed by atoms with E-state index in [1.54, 1.807) is 6.33 Å². The van der Waals surface area contributed by atoms with Crippen molar-refractivity contribution in [2.75, 3.05) is 13.2 Å². The van der Waals surface area contributed by atoms with Crippen LogP contribution < -0.4 is 0 Å². The molecule has 2 heterocycles. The van der Waals surface area contributed by atoms with Crippen molar-refractivity contribution >= 4 is 0 Å². The third-order valence-electron chi connectivity index (χ3n) is 3.13. The van der Waals surface area contributed by atoms with Gasteiger partial charge in [0.2, 0.25) is 0 Å². The van der Waals surface area contributed by atoms with Crippen LogP contribution in [0, 0.1) is 0 Å². The summed E-state index contributed by atoms with van der Waals surface area (Å²) >= 11 is 0. The quantitative estimate of drug-likeness (QED) is 0.792. The number of hydrogen-bond donors (Lipinski definition) is 0. The third-order valence-corrected chi connectivity index (χ3v) is 3.13. The number of nitrogens with zero attached hydrogens (tertiary/aromatic N) is 3. The summed E-state index contributed by atoms with van der Waals surface area (Å²) in [4.78, 5) is 0. The fourth-order valence-corrected chi connectivity index (χ4v) is 2.25. The van der Waals surface area contributed by atoms with E-state index in [-0.39, 0.29) is 0 Å². The summed E-state index contributed by atoms with van der Waals surface area (Å²) in [6, 6.07) is 10.2. The Balaban J connectivity index is 1.93. The van der Waals surface area contributed by atoms with Gasteiger partial charge in [-0.1, -0.05) is 18.2 Å². The fourth-order valence-electron chi connectivity index (χ4n) is 2.25. The molecule has 1 unspecified atom stereocenters. The lowest BCUT2D eigenvalue weighted by atomic mass is 10.0. The van der Waals surface area contributed by atoms with Gasteiger partial charge >= 0.3 is 0 Å². The molecule has 88 valence electrons. The van der Waals surface area contributed by atoms with Gasteiger partial charge in [-0.25, -0.2) is 0 Å². The van der Waals surface area contributed by atoms with Gasteiger partial charge in [0.05, 0.1) is 6.61 Å². The molecule has 4 heteroatoms. The molecular formula is C13H15N3O. The van der Waals surface area contributed by atoms with Crippen molar-refractivity contribution in [3.05, 3.63) is 42.5 Å². The van der Waals surface area contributed by atoms with E-state index < -0.39 is 0 Å². The Morgan fingerprint density at radius 3 is 2.88 bits per heavy atom. The van der Waals surface area contributed by atoms with E-state index >= 15 is 0 Å². The lowest BCUT2D eigenvalue weighted by molar-refractivity contribution is 0.0775. The van der Waals surface area contributed by atoms with E-state index in [2.05, 4.69) is 26.9 Å². The fraction of sp³-hybridized carbons (Fsp3) is 0.385. The molecule has 0 N–H and O–H groups in total. The molecule has 1 saturated heterocycles. The lowest BCUT2D eigenvalue weighted by Crippen LogP contribution is -2.19. The minimum atomic E-state index is 0.367. The molecule has 0 spiro atoms. The van der Waals surface area contributed by atoms with Crippen molar-refractivity contribution < 1.29 is 4.74 Å². The zero-order valence-electron chi connectivity index (χ0n) is 9.62. The Morgan fingerprint density at radius 2 is 2.12 bits per heavy atom. The van der Waals surface area contributed by atoms with Crippen LogP contribution in [-0.2, 0) is 4.74 Å². The first-order chi connectivity index (χ1) is 8.45. The minimum absolute atomic E-state index is 0.367. The van der Waals surface area contributed by atoms with Gasteiger partial charge in [0.25, 0.3) is 0 Å². The van der Waals surface area contributed by atoms with Crippen molar-refractivity contribution in [2.45, 2.75) is 18.8 Å². The zero-order chi connectivity index (χ0) is 11.5. The van der Waals surface area contributed by atoms with E-state index in [4.69, 9.17) is 4.74 Å². The monoisotopic (exact) mass is 229 g/mol. The van der Waals surface area contributed by atoms with Crippen LogP contribution >= 0.6 is 0 Å². The SMILES string of the molecule is c1ccc(-n2cnnc2C2CCCOC2)cc1. The van der Waals surface area contributed by atoms with Crippen LogP contribution in [0.3, 0.4) is 0 Å². The highest BCUT2D eigenvalue weighted by molar-refractivity contribution is 5.32. The highest BCUT2D eigenvalue weighted by atomic mass is 16.5. The number of para-hydroxylation sites is 1. The highest BCUT2D eigenvalue weighted by Gasteiger charge is 2.21. The van der Waals surface area contributed by atoms with Crippen LogP contribution in [0.25, 0.3) is 5.69 Å². The maximum absolute atomic E-state index is 5.52. The van der Waals surface area contributed by atoms with E-state index in [0.717, 1.165) is 37.6 Å². The van der Waals surface area contributed by atoms with Crippen molar-refractivity contribution in [1.82, 2.24) is 14.8 Å². The largest absolute Gasteiger partial charge is 0.381 e. The summed E-state index contributed by atoms with van der Waals surface area (Å²) in [5.74, 6) is 1.38. The molecule has 1 aliphatic rings. The predicted octanol–water partition coefficient (Wildman–Crippen LogP) is 2.16. The van der Waals surface area contributed by atoms with Crippen molar-refractivity contribution in [1.29, 1.82) is 0 Å². The molecule has 1 aromatic heterocycles. The first-order valence-corrected chi connectivity index (χ1v) is 5.98. The van der Waals surface area contributed by atoms with E-state index in [0.29, 0.717) is 5.92 Å². The third kappa shape index (κ3) is 2.08. The van der Waals surface area contributed by atoms with Crippen LogP contribution in [-0.4, -0.2) is 28.0 Å². The summed E-state index contributed by atoms with van der Waals surface area (Å²) in [6.07, 6.45) is 4.01. The molecule has 0 radical (unpaired) electrons. The van der Waals surface area contributed by atoms with Crippen LogP contribution in [0.5, 0.6) is 0 Å². The molecule has 0 bridgehead atoms. The molecular weight excluding hydrogens is 214 g/mol. The number of rotatable bonds is 2. The van der Waals surface area contributed by atoms with Crippen LogP contribution in [0.1, 0.15) is 24.6 Å². The van der Waals surface area contributed by atoms with Crippen LogP contribution in [0.4, 0.5) is 0 Å². The molecule has 2 aromatic rings. The van der Waals surface area contributed by atoms with E-state index in [1.165, 1.54) is 0 Å². The second-order valence-electron chi connectivity index (χ2n) is 4.31. The Morgan fingerprint density at radius 1 is 1.24 bits per heavy atom. The molecule has 0 aliphatic carbocycles. The molecule has 1 atom stereocenters. The molecule has 1 aromatic carbocycles. The van der Waals surface area contributed by atoms with Gasteiger partial charge in [-0.2, -0.15) is 0 Å². The molecule has 3 rings (SSSR count). The van der Waals surface area contributed by atoms with Gasteiger partial charge in [0.15, 0.2) is 0 Å². The van der Waals surface area contributed by atoms with E-state index in [1.807, 2.05) is 18.2 Å². The second-order valence-corrected chi connectivity index (χ2v) is 4.31. The van der Waals surface area contributed by atoms with Gasteiger partial charge < -0.3 is 4.74 Å². The van der Waals surface area contributed by atoms with Crippen LogP contribution in [0.15, 0.2) is 36.7 Å². The molecule has 4 nitrogen and oxygen atoms in total. The zero-order valence-corrected chi connectivity index (χ0v) is 9.62. The molecule has 0 saturated carbocycles. The predicted molar refractivity (Wildman–Crippen MR) is 64.2 cm³/mol. The minimum Gasteiger partial charge on any atom is -0.381 e. The first kappa shape index (κ1) is 10.5. The van der Waals surface area contributed by atoms with Crippen LogP contribution in [0.2, 0.25) is 0 Å². The summed E-state index contributed by atoms with van der Waals surface area (Å²) in [6.45, 7) is 1.63. The van der Waals surface area contributed by atoms with Gasteiger partial charge in [-0.15, -0.1) is 10.2 Å². The molecule has 1 fully saturated rings. The Kier molecular flexibility index (Phi) is 2.88. The van der Waals surface area contributed by atoms with Crippen molar-refractivity contribution in [3.8, 4) is 5.69 Å². The van der Waals surface area contributed by atoms with Gasteiger partial charge in [-0.05, 0) is 25.0 Å². The number of benzene rings is 1. The summed E-state index contributed by atoms with van der Waals surface area (Å²) < 4.78 is 7.57. The van der Waals surface area contributed by atoms with Gasteiger partial charge in [0, 0.05) is 18.2 Å². The second kappa shape index (κ2) is 4.67. The summed E-state index contributed by atoms with van der Waals surface area (Å²) in [5.41, 5.74) is 1.11. The average molecular weight is 229 g/mol. The number of hydrogen-bond acceptors (Lipinski definition) is 3. The standard InChI is InChI=1S/C13H15N3O/c1-2-6-12(7-3-1)16-10-14-15-13(16)11-5-4-8-17-9-11/h1-3,6-7,10-11H,4-5,8-9H2. The maximum atomic E-state index is 5.52. The Bertz CT molecular complexity index is 474. The van der Waals surface area contributed by atoms with Crippen molar-refractivity contribution in [3.63, 3.8) is 0 Å². The normalized spacial score (nSPS) is 20.4. The summed E-state index contributed by atoms with van der Waals surface area (Å²) in [7, 11) is 0. The number of ether oxygens (including phenoxy) is 1. The molecule has 1 aliphatic heterocycles. The highest BCUT2D eigenvalue weighted by Crippen LogP contribution is 2.25. The smallest absolute Gasteiger partial charge is 0.142 e. The van der Waals surface area contributed by atoms with Gasteiger partial charge in [0.1, 0.15) is 12.2 Å². The summed E-state index contributed by atoms with van der Waals surface area (Å²) in [5, 5.41) is 8.28. The Hall–Kier alpha value is -1.68. The average Bonchev–Trinajstić information content (AvgIpc) is 2.90. The Labute approximate surface area is 100 Å². The topological polar surface area (TPSA) is 39.9 Å². The molecule has 17 heavy (non-hydrogen) atoms. The van der Waals surface area contributed by atoms with E-state index in [9.17, 15) is 0 Å². The van der Waals surface area contributed by atoms with Gasteiger partial charge in [-0.3, -0.25) is 4.57 Å². The maximum Gasteiger partial charge on any atom is 0.142 e.